The summed E-state index contributed by atoms with van der Waals surface area (Å²) in [5.41, 5.74) is 1.30. The summed E-state index contributed by atoms with van der Waals surface area (Å²) in [4.78, 5) is 18.9. The quantitative estimate of drug-likeness (QED) is 0.400. The lowest BCUT2D eigenvalue weighted by molar-refractivity contribution is 0.0697. The Kier molecular flexibility index (Phi) is 7.28. The summed E-state index contributed by atoms with van der Waals surface area (Å²) in [6.45, 7) is 6.45. The molecule has 2 fully saturated rings. The molecule has 1 atom stereocenters. The van der Waals surface area contributed by atoms with Crippen LogP contribution >= 0.6 is 35.4 Å². The largest absolute Gasteiger partial charge is 0.478 e. The van der Waals surface area contributed by atoms with Gasteiger partial charge in [0.15, 0.2) is 5.11 Å². The van der Waals surface area contributed by atoms with Crippen LogP contribution in [0.3, 0.4) is 0 Å². The van der Waals surface area contributed by atoms with Crippen LogP contribution in [0, 0.1) is 5.41 Å². The molecule has 2 aromatic carbocycles. The standard InChI is InChI=1S/C27H29Cl2N3O2S/c1-26(2,3)22(12-10-17-9-11-19(28)16-21(17)29)30-24-27(13-4-5-14-27)32(25(35)31-24)20-8-6-7-18(15-20)23(33)34/h6-12,15-16,22H,4-5,13-14H2,1-3H3,(H,33,34)(H,30,31,35)/b12-10+/t22-/m0/s1. The van der Waals surface area contributed by atoms with Gasteiger partial charge in [0.1, 0.15) is 11.4 Å². The fourth-order valence-corrected chi connectivity index (χ4v) is 5.63. The van der Waals surface area contributed by atoms with Gasteiger partial charge in [-0.1, -0.05) is 81.1 Å². The molecule has 1 heterocycles. The number of carbonyl (C=O) groups is 1. The van der Waals surface area contributed by atoms with Crippen molar-refractivity contribution in [2.45, 2.75) is 58.0 Å². The normalized spacial score (nSPS) is 19.6. The number of amidine groups is 1. The highest BCUT2D eigenvalue weighted by atomic mass is 35.5. The molecule has 4 rings (SSSR count). The molecule has 2 aliphatic rings. The molecule has 1 saturated heterocycles. The van der Waals surface area contributed by atoms with Crippen LogP contribution < -0.4 is 10.2 Å². The first kappa shape index (κ1) is 25.7. The molecule has 0 bridgehead atoms. The first-order valence-electron chi connectivity index (χ1n) is 11.7. The van der Waals surface area contributed by atoms with E-state index in [9.17, 15) is 9.90 Å². The van der Waals surface area contributed by atoms with Crippen molar-refractivity contribution in [3.8, 4) is 0 Å². The van der Waals surface area contributed by atoms with Crippen molar-refractivity contribution in [3.63, 3.8) is 0 Å². The van der Waals surface area contributed by atoms with Gasteiger partial charge in [0, 0.05) is 15.7 Å². The number of aliphatic imine (C=N–C) groups is 1. The number of anilines is 1. The first-order chi connectivity index (χ1) is 16.5. The number of hydrogen-bond donors (Lipinski definition) is 2. The number of halogens is 2. The molecule has 1 aliphatic heterocycles. The lowest BCUT2D eigenvalue weighted by atomic mass is 9.86. The molecule has 1 spiro atoms. The highest BCUT2D eigenvalue weighted by Crippen LogP contribution is 2.43. The summed E-state index contributed by atoms with van der Waals surface area (Å²) >= 11 is 18.2. The number of hydrogen-bond acceptors (Lipinski definition) is 3. The number of rotatable bonds is 5. The van der Waals surface area contributed by atoms with Crippen molar-refractivity contribution in [3.05, 3.63) is 69.7 Å². The van der Waals surface area contributed by atoms with Gasteiger partial charge in [0.05, 0.1) is 11.6 Å². The first-order valence-corrected chi connectivity index (χ1v) is 12.8. The molecule has 184 valence electrons. The van der Waals surface area contributed by atoms with E-state index in [2.05, 4.69) is 37.1 Å². The van der Waals surface area contributed by atoms with Crippen LogP contribution in [0.4, 0.5) is 5.69 Å². The molecule has 0 radical (unpaired) electrons. The average molecular weight is 531 g/mol. The van der Waals surface area contributed by atoms with Gasteiger partial charge >= 0.3 is 5.97 Å². The van der Waals surface area contributed by atoms with E-state index in [0.29, 0.717) is 15.2 Å². The van der Waals surface area contributed by atoms with Crippen LogP contribution in [0.1, 0.15) is 62.4 Å². The fraction of sp³-hybridized carbons (Fsp3) is 0.370. The van der Waals surface area contributed by atoms with E-state index >= 15 is 0 Å². The lowest BCUT2D eigenvalue weighted by Crippen LogP contribution is -2.48. The maximum absolute atomic E-state index is 11.6. The van der Waals surface area contributed by atoms with Gasteiger partial charge in [-0.3, -0.25) is 4.99 Å². The van der Waals surface area contributed by atoms with E-state index in [-0.39, 0.29) is 17.0 Å². The summed E-state index contributed by atoms with van der Waals surface area (Å²) in [7, 11) is 0. The molecule has 35 heavy (non-hydrogen) atoms. The van der Waals surface area contributed by atoms with Crippen molar-refractivity contribution in [2.75, 3.05) is 4.90 Å². The Balaban J connectivity index is 1.75. The maximum atomic E-state index is 11.6. The van der Waals surface area contributed by atoms with Crippen LogP contribution in [-0.4, -0.2) is 33.6 Å². The number of carboxylic acid groups (broad SMARTS) is 1. The Morgan fingerprint density at radius 2 is 1.91 bits per heavy atom. The minimum Gasteiger partial charge on any atom is -0.478 e. The van der Waals surface area contributed by atoms with Crippen molar-refractivity contribution in [1.82, 2.24) is 5.32 Å². The monoisotopic (exact) mass is 529 g/mol. The molecule has 2 aromatic rings. The van der Waals surface area contributed by atoms with Crippen molar-refractivity contribution in [1.29, 1.82) is 0 Å². The molecule has 5 nitrogen and oxygen atoms in total. The average Bonchev–Trinajstić information content (AvgIpc) is 3.36. The maximum Gasteiger partial charge on any atom is 0.335 e. The SMILES string of the molecule is CC(C)(C)[C@H](/C=C/c1ccc(Cl)cc1Cl)N=C1NC(=S)N(c2cccc(C(=O)O)c2)C12CCCC2. The predicted molar refractivity (Wildman–Crippen MR) is 149 cm³/mol. The van der Waals surface area contributed by atoms with E-state index in [1.807, 2.05) is 24.3 Å². The van der Waals surface area contributed by atoms with Gasteiger partial charge < -0.3 is 15.3 Å². The molecule has 0 unspecified atom stereocenters. The summed E-state index contributed by atoms with van der Waals surface area (Å²) < 4.78 is 0. The van der Waals surface area contributed by atoms with Crippen LogP contribution in [0.25, 0.3) is 6.08 Å². The molecule has 1 aliphatic carbocycles. The molecule has 0 amide bonds. The van der Waals surface area contributed by atoms with Gasteiger partial charge in [-0.2, -0.15) is 0 Å². The molecule has 1 saturated carbocycles. The summed E-state index contributed by atoms with van der Waals surface area (Å²) in [6, 6.07) is 12.2. The van der Waals surface area contributed by atoms with Gasteiger partial charge in [0.2, 0.25) is 0 Å². The number of nitrogens with one attached hydrogen (secondary N) is 1. The lowest BCUT2D eigenvalue weighted by Gasteiger charge is -2.35. The highest BCUT2D eigenvalue weighted by Gasteiger charge is 2.51. The van der Waals surface area contributed by atoms with Gasteiger partial charge in [-0.15, -0.1) is 0 Å². The second kappa shape index (κ2) is 9.92. The fourth-order valence-electron chi connectivity index (χ4n) is 4.78. The van der Waals surface area contributed by atoms with Gasteiger partial charge in [0.25, 0.3) is 0 Å². The Bertz CT molecular complexity index is 1210. The third-order valence-electron chi connectivity index (χ3n) is 6.66. The van der Waals surface area contributed by atoms with Crippen LogP contribution in [0.5, 0.6) is 0 Å². The van der Waals surface area contributed by atoms with E-state index in [0.717, 1.165) is 42.8 Å². The third-order valence-corrected chi connectivity index (χ3v) is 7.50. The summed E-state index contributed by atoms with van der Waals surface area (Å²) in [5, 5.41) is 14.6. The van der Waals surface area contributed by atoms with Crippen molar-refractivity contribution >= 4 is 64.1 Å². The Labute approximate surface area is 221 Å². The van der Waals surface area contributed by atoms with Crippen LogP contribution in [0.15, 0.2) is 53.5 Å². The van der Waals surface area contributed by atoms with Crippen LogP contribution in [0.2, 0.25) is 10.0 Å². The number of benzene rings is 2. The van der Waals surface area contributed by atoms with E-state index in [1.165, 1.54) is 0 Å². The summed E-state index contributed by atoms with van der Waals surface area (Å²) in [6.07, 6.45) is 7.94. The number of carboxylic acids is 1. The van der Waals surface area contributed by atoms with Crippen molar-refractivity contribution in [2.24, 2.45) is 10.4 Å². The smallest absolute Gasteiger partial charge is 0.335 e. The molecular formula is C27H29Cl2N3O2S. The molecular weight excluding hydrogens is 501 g/mol. The minimum absolute atomic E-state index is 0.151. The van der Waals surface area contributed by atoms with E-state index in [4.69, 9.17) is 40.4 Å². The zero-order valence-corrected chi connectivity index (χ0v) is 22.3. The van der Waals surface area contributed by atoms with Crippen molar-refractivity contribution < 1.29 is 9.90 Å². The molecule has 0 aromatic heterocycles. The topological polar surface area (TPSA) is 64.9 Å². The summed E-state index contributed by atoms with van der Waals surface area (Å²) in [5.74, 6) is -0.120. The second-order valence-corrected chi connectivity index (χ2v) is 11.4. The zero-order valence-electron chi connectivity index (χ0n) is 20.0. The highest BCUT2D eigenvalue weighted by molar-refractivity contribution is 7.80. The minimum atomic E-state index is -0.960. The third kappa shape index (κ3) is 5.25. The van der Waals surface area contributed by atoms with E-state index < -0.39 is 11.5 Å². The Morgan fingerprint density at radius 1 is 1.20 bits per heavy atom. The van der Waals surface area contributed by atoms with Gasteiger partial charge in [-0.25, -0.2) is 4.79 Å². The number of thiocarbonyl (C=S) groups is 1. The number of nitrogens with zero attached hydrogens (tertiary/aromatic N) is 2. The van der Waals surface area contributed by atoms with E-state index in [1.54, 1.807) is 24.3 Å². The Hall–Kier alpha value is -2.41. The number of aromatic carboxylic acids is 1. The van der Waals surface area contributed by atoms with Gasteiger partial charge in [-0.05, 0) is 66.4 Å². The second-order valence-electron chi connectivity index (χ2n) is 10.2. The Morgan fingerprint density at radius 3 is 2.54 bits per heavy atom. The molecule has 2 N–H and O–H groups in total. The molecule has 8 heteroatoms. The van der Waals surface area contributed by atoms with Crippen LogP contribution in [-0.2, 0) is 0 Å². The zero-order chi connectivity index (χ0) is 25.4. The predicted octanol–water partition coefficient (Wildman–Crippen LogP) is 7.23.